The summed E-state index contributed by atoms with van der Waals surface area (Å²) in [5.74, 6) is 0.498. The van der Waals surface area contributed by atoms with Crippen LogP contribution in [0.2, 0.25) is 0 Å². The summed E-state index contributed by atoms with van der Waals surface area (Å²) in [7, 11) is 3.04. The monoisotopic (exact) mass is 226 g/mol. The highest BCUT2D eigenvalue weighted by molar-refractivity contribution is 5.61. The van der Waals surface area contributed by atoms with Gasteiger partial charge in [0.25, 0.3) is 5.56 Å². The number of nitrogens with zero attached hydrogens (tertiary/aromatic N) is 3. The van der Waals surface area contributed by atoms with Crippen molar-refractivity contribution in [1.82, 2.24) is 9.13 Å². The van der Waals surface area contributed by atoms with Crippen LogP contribution in [0.4, 0.5) is 11.5 Å². The summed E-state index contributed by atoms with van der Waals surface area (Å²) in [6.45, 7) is 5.29. The van der Waals surface area contributed by atoms with Gasteiger partial charge in [0.2, 0.25) is 0 Å². The largest absolute Gasteiger partial charge is 0.391 e. The molecule has 1 rings (SSSR count). The van der Waals surface area contributed by atoms with Crippen molar-refractivity contribution < 1.29 is 0 Å². The van der Waals surface area contributed by atoms with E-state index in [1.807, 2.05) is 18.7 Å². The Hall–Kier alpha value is -1.72. The van der Waals surface area contributed by atoms with E-state index in [9.17, 15) is 9.59 Å². The molecule has 90 valence electrons. The summed E-state index contributed by atoms with van der Waals surface area (Å²) in [5, 5.41) is 0. The van der Waals surface area contributed by atoms with Gasteiger partial charge in [0.05, 0.1) is 0 Å². The van der Waals surface area contributed by atoms with Crippen molar-refractivity contribution in [1.29, 1.82) is 0 Å². The molecule has 0 bridgehead atoms. The normalized spacial score (nSPS) is 10.5. The topological polar surface area (TPSA) is 73.3 Å². The van der Waals surface area contributed by atoms with Gasteiger partial charge in [0.1, 0.15) is 11.5 Å². The minimum atomic E-state index is -0.440. The Bertz CT molecular complexity index is 460. The molecule has 0 amide bonds. The van der Waals surface area contributed by atoms with Crippen LogP contribution in [0.25, 0.3) is 0 Å². The lowest BCUT2D eigenvalue weighted by atomic mass is 10.4. The van der Waals surface area contributed by atoms with E-state index in [4.69, 9.17) is 5.73 Å². The Morgan fingerprint density at radius 1 is 1.12 bits per heavy atom. The van der Waals surface area contributed by atoms with Crippen LogP contribution in [0.15, 0.2) is 9.59 Å². The summed E-state index contributed by atoms with van der Waals surface area (Å²) in [5.41, 5.74) is 5.09. The summed E-state index contributed by atoms with van der Waals surface area (Å²) in [4.78, 5) is 25.3. The van der Waals surface area contributed by atoms with Crippen molar-refractivity contribution in [3.05, 3.63) is 20.8 Å². The highest BCUT2D eigenvalue weighted by atomic mass is 16.2. The number of anilines is 2. The Balaban J connectivity index is 3.64. The number of hydrogen-bond donors (Lipinski definition) is 1. The van der Waals surface area contributed by atoms with Crippen LogP contribution in [0.1, 0.15) is 13.8 Å². The van der Waals surface area contributed by atoms with E-state index in [0.717, 1.165) is 4.57 Å². The lowest BCUT2D eigenvalue weighted by molar-refractivity contribution is 0.669. The first kappa shape index (κ1) is 12.4. The van der Waals surface area contributed by atoms with Crippen LogP contribution in [-0.4, -0.2) is 22.2 Å². The van der Waals surface area contributed by atoms with Gasteiger partial charge >= 0.3 is 5.69 Å². The molecule has 0 saturated carbocycles. The summed E-state index contributed by atoms with van der Waals surface area (Å²) in [6.07, 6.45) is 0. The minimum absolute atomic E-state index is 0.119. The van der Waals surface area contributed by atoms with Gasteiger partial charge in [0.15, 0.2) is 0 Å². The Kier molecular flexibility index (Phi) is 3.41. The number of nitrogens with two attached hydrogens (primary N) is 1. The van der Waals surface area contributed by atoms with Crippen LogP contribution in [0.5, 0.6) is 0 Å². The second kappa shape index (κ2) is 4.42. The van der Waals surface area contributed by atoms with Gasteiger partial charge in [-0.1, -0.05) is 0 Å². The van der Waals surface area contributed by atoms with Crippen LogP contribution in [-0.2, 0) is 14.1 Å². The zero-order chi connectivity index (χ0) is 12.5. The second-order valence-electron chi connectivity index (χ2n) is 3.62. The first-order valence-corrected chi connectivity index (χ1v) is 5.26. The van der Waals surface area contributed by atoms with Gasteiger partial charge in [-0.05, 0) is 13.8 Å². The Labute approximate surface area is 93.9 Å². The fourth-order valence-electron chi connectivity index (χ4n) is 1.77. The van der Waals surface area contributed by atoms with E-state index < -0.39 is 5.56 Å². The third kappa shape index (κ3) is 1.70. The molecule has 0 aliphatic heterocycles. The van der Waals surface area contributed by atoms with Gasteiger partial charge in [-0.3, -0.25) is 13.9 Å². The van der Waals surface area contributed by atoms with Gasteiger partial charge < -0.3 is 10.6 Å². The van der Waals surface area contributed by atoms with Gasteiger partial charge in [-0.2, -0.15) is 0 Å². The minimum Gasteiger partial charge on any atom is -0.391 e. The first-order valence-electron chi connectivity index (χ1n) is 5.26. The second-order valence-corrected chi connectivity index (χ2v) is 3.62. The molecule has 1 aromatic rings. The molecular formula is C10H18N4O2. The Morgan fingerprint density at radius 2 is 1.62 bits per heavy atom. The average molecular weight is 226 g/mol. The van der Waals surface area contributed by atoms with E-state index in [0.29, 0.717) is 18.9 Å². The van der Waals surface area contributed by atoms with E-state index in [1.165, 1.54) is 11.6 Å². The Morgan fingerprint density at radius 3 is 2.06 bits per heavy atom. The highest BCUT2D eigenvalue weighted by Crippen LogP contribution is 2.15. The van der Waals surface area contributed by atoms with E-state index in [2.05, 4.69) is 0 Å². The average Bonchev–Trinajstić information content (AvgIpc) is 2.29. The predicted molar refractivity (Wildman–Crippen MR) is 64.9 cm³/mol. The maximum atomic E-state index is 11.7. The molecule has 0 aromatic carbocycles. The zero-order valence-corrected chi connectivity index (χ0v) is 10.1. The molecule has 0 unspecified atom stereocenters. The quantitative estimate of drug-likeness (QED) is 0.755. The van der Waals surface area contributed by atoms with Crippen LogP contribution in [0.3, 0.4) is 0 Å². The smallest absolute Gasteiger partial charge is 0.332 e. The molecule has 1 heterocycles. The van der Waals surface area contributed by atoms with E-state index >= 15 is 0 Å². The number of rotatable bonds is 3. The molecule has 0 fully saturated rings. The van der Waals surface area contributed by atoms with Crippen LogP contribution >= 0.6 is 0 Å². The first-order chi connectivity index (χ1) is 7.45. The zero-order valence-electron chi connectivity index (χ0n) is 10.1. The van der Waals surface area contributed by atoms with Gasteiger partial charge in [-0.15, -0.1) is 0 Å². The predicted octanol–water partition coefficient (Wildman–Crippen LogP) is -0.488. The number of aromatic nitrogens is 2. The molecule has 6 nitrogen and oxygen atoms in total. The molecule has 0 radical (unpaired) electrons. The maximum Gasteiger partial charge on any atom is 0.332 e. The van der Waals surface area contributed by atoms with Crippen molar-refractivity contribution in [2.24, 2.45) is 14.1 Å². The molecule has 0 atom stereocenters. The van der Waals surface area contributed by atoms with Crippen LogP contribution in [0, 0.1) is 0 Å². The number of hydrogen-bond acceptors (Lipinski definition) is 4. The van der Waals surface area contributed by atoms with E-state index in [-0.39, 0.29) is 11.4 Å². The molecule has 0 aliphatic carbocycles. The van der Waals surface area contributed by atoms with E-state index in [1.54, 1.807) is 7.05 Å². The lowest BCUT2D eigenvalue weighted by Gasteiger charge is -2.24. The SMILES string of the molecule is CCN(CC)c1c(N)c(=O)n(C)c(=O)n1C. The fraction of sp³-hybridized carbons (Fsp3) is 0.600. The standard InChI is InChI=1S/C10H18N4O2/c1-5-14(6-2)8-7(11)9(15)13(4)10(16)12(8)3/h5-6,11H2,1-4H3. The summed E-state index contributed by atoms with van der Waals surface area (Å²) < 4.78 is 2.42. The lowest BCUT2D eigenvalue weighted by Crippen LogP contribution is -2.42. The summed E-state index contributed by atoms with van der Waals surface area (Å²) >= 11 is 0. The van der Waals surface area contributed by atoms with Gasteiger partial charge in [0, 0.05) is 27.2 Å². The molecule has 0 saturated heterocycles. The molecule has 6 heteroatoms. The maximum absolute atomic E-state index is 11.7. The van der Waals surface area contributed by atoms with Crippen LogP contribution < -0.4 is 21.9 Å². The molecule has 1 aromatic heterocycles. The number of nitrogen functional groups attached to an aromatic ring is 1. The van der Waals surface area contributed by atoms with Crippen molar-refractivity contribution >= 4 is 11.5 Å². The van der Waals surface area contributed by atoms with Crippen molar-refractivity contribution in [3.63, 3.8) is 0 Å². The highest BCUT2D eigenvalue weighted by Gasteiger charge is 2.16. The summed E-state index contributed by atoms with van der Waals surface area (Å²) in [6, 6.07) is 0. The van der Waals surface area contributed by atoms with Crippen molar-refractivity contribution in [2.75, 3.05) is 23.7 Å². The molecular weight excluding hydrogens is 208 g/mol. The van der Waals surface area contributed by atoms with Crippen molar-refractivity contribution in [2.45, 2.75) is 13.8 Å². The molecule has 0 aliphatic rings. The third-order valence-corrected chi connectivity index (χ3v) is 2.73. The van der Waals surface area contributed by atoms with Crippen molar-refractivity contribution in [3.8, 4) is 0 Å². The molecule has 16 heavy (non-hydrogen) atoms. The fourth-order valence-corrected chi connectivity index (χ4v) is 1.77. The van der Waals surface area contributed by atoms with Gasteiger partial charge in [-0.25, -0.2) is 4.79 Å². The molecule has 2 N–H and O–H groups in total. The molecule has 0 spiro atoms. The third-order valence-electron chi connectivity index (χ3n) is 2.73.